The van der Waals surface area contributed by atoms with Gasteiger partial charge in [-0.2, -0.15) is 0 Å². The van der Waals surface area contributed by atoms with E-state index in [1.807, 2.05) is 44.2 Å². The van der Waals surface area contributed by atoms with E-state index in [1.165, 1.54) is 16.6 Å². The lowest BCUT2D eigenvalue weighted by atomic mass is 10.1. The molecule has 1 unspecified atom stereocenters. The van der Waals surface area contributed by atoms with Gasteiger partial charge < -0.3 is 15.4 Å². The van der Waals surface area contributed by atoms with E-state index < -0.39 is 17.2 Å². The van der Waals surface area contributed by atoms with E-state index in [0.29, 0.717) is 0 Å². The number of anilines is 2. The highest BCUT2D eigenvalue weighted by Gasteiger charge is 2.39. The van der Waals surface area contributed by atoms with Crippen LogP contribution in [0.1, 0.15) is 25.8 Å². The number of hydrogen-bond acceptors (Lipinski definition) is 6. The van der Waals surface area contributed by atoms with Gasteiger partial charge in [-0.25, -0.2) is 4.79 Å². The summed E-state index contributed by atoms with van der Waals surface area (Å²) in [6.07, 6.45) is 0.0590. The standard InChI is InChI=1S/C22H29N5O5/c1-14(2)26-13-16(11-17(26)28)21(30)27(12-15-7-5-4-6-8-15)18-19(23)25(9-10-32-3)22(31)24-20(18)29/h4-8,14,16H,9-13,23H2,1-3H3,(H,24,29,31). The predicted molar refractivity (Wildman–Crippen MR) is 120 cm³/mol. The molecule has 1 fully saturated rings. The molecule has 1 aromatic carbocycles. The van der Waals surface area contributed by atoms with Crippen molar-refractivity contribution < 1.29 is 14.3 Å². The summed E-state index contributed by atoms with van der Waals surface area (Å²) in [6, 6.07) is 9.11. The van der Waals surface area contributed by atoms with Gasteiger partial charge in [-0.3, -0.25) is 28.8 Å². The number of methoxy groups -OCH3 is 1. The maximum atomic E-state index is 13.6. The first kappa shape index (κ1) is 23.3. The zero-order valence-electron chi connectivity index (χ0n) is 18.5. The number of nitrogens with two attached hydrogens (primary N) is 1. The summed E-state index contributed by atoms with van der Waals surface area (Å²) in [5, 5.41) is 0. The summed E-state index contributed by atoms with van der Waals surface area (Å²) in [7, 11) is 1.48. The minimum absolute atomic E-state index is 0.0349. The highest BCUT2D eigenvalue weighted by Crippen LogP contribution is 2.27. The molecule has 0 radical (unpaired) electrons. The molecule has 0 spiro atoms. The van der Waals surface area contributed by atoms with Crippen molar-refractivity contribution in [1.29, 1.82) is 0 Å². The van der Waals surface area contributed by atoms with E-state index in [2.05, 4.69) is 4.98 Å². The Kier molecular flexibility index (Phi) is 7.14. The molecule has 3 rings (SSSR count). The summed E-state index contributed by atoms with van der Waals surface area (Å²) < 4.78 is 6.20. The quantitative estimate of drug-likeness (QED) is 0.613. The molecule has 2 aromatic rings. The van der Waals surface area contributed by atoms with Gasteiger partial charge in [0.15, 0.2) is 5.69 Å². The Labute approximate surface area is 185 Å². The highest BCUT2D eigenvalue weighted by atomic mass is 16.5. The number of amides is 2. The van der Waals surface area contributed by atoms with E-state index in [1.54, 1.807) is 4.90 Å². The highest BCUT2D eigenvalue weighted by molar-refractivity contribution is 6.00. The van der Waals surface area contributed by atoms with Crippen LogP contribution in [0.3, 0.4) is 0 Å². The number of carbonyl (C=O) groups excluding carboxylic acids is 2. The lowest BCUT2D eigenvalue weighted by Crippen LogP contribution is -2.44. The number of nitrogen functional groups attached to an aromatic ring is 1. The number of aromatic nitrogens is 2. The Hall–Kier alpha value is -3.40. The molecule has 172 valence electrons. The summed E-state index contributed by atoms with van der Waals surface area (Å²) in [4.78, 5) is 56.3. The number of likely N-dealkylation sites (tertiary alicyclic amines) is 1. The number of carbonyl (C=O) groups is 2. The topological polar surface area (TPSA) is 131 Å². The van der Waals surface area contributed by atoms with Gasteiger partial charge in [0.1, 0.15) is 5.82 Å². The van der Waals surface area contributed by atoms with Crippen molar-refractivity contribution in [3.05, 3.63) is 56.7 Å². The third kappa shape index (κ3) is 4.75. The van der Waals surface area contributed by atoms with Gasteiger partial charge in [0.2, 0.25) is 11.8 Å². The van der Waals surface area contributed by atoms with Crippen molar-refractivity contribution in [1.82, 2.24) is 14.5 Å². The number of aromatic amines is 1. The molecule has 32 heavy (non-hydrogen) atoms. The molecule has 1 atom stereocenters. The molecular weight excluding hydrogens is 414 g/mol. The molecule has 3 N–H and O–H groups in total. The Bertz CT molecular complexity index is 1090. The van der Waals surface area contributed by atoms with E-state index in [-0.39, 0.29) is 62.0 Å². The Morgan fingerprint density at radius 3 is 2.53 bits per heavy atom. The molecule has 10 nitrogen and oxygen atoms in total. The van der Waals surface area contributed by atoms with Crippen LogP contribution in [-0.4, -0.2) is 52.6 Å². The van der Waals surface area contributed by atoms with Crippen molar-refractivity contribution >= 4 is 23.3 Å². The van der Waals surface area contributed by atoms with E-state index in [0.717, 1.165) is 5.56 Å². The Morgan fingerprint density at radius 1 is 1.25 bits per heavy atom. The summed E-state index contributed by atoms with van der Waals surface area (Å²) >= 11 is 0. The molecular formula is C22H29N5O5. The average Bonchev–Trinajstić information content (AvgIpc) is 3.15. The molecule has 2 amide bonds. The van der Waals surface area contributed by atoms with Crippen LogP contribution in [-0.2, 0) is 27.4 Å². The van der Waals surface area contributed by atoms with Gasteiger partial charge in [0.05, 0.1) is 25.6 Å². The van der Waals surface area contributed by atoms with Crippen LogP contribution < -0.4 is 21.9 Å². The maximum absolute atomic E-state index is 13.6. The summed E-state index contributed by atoms with van der Waals surface area (Å²) in [5.74, 6) is -1.23. The second kappa shape index (κ2) is 9.82. The minimum Gasteiger partial charge on any atom is -0.383 e. The monoisotopic (exact) mass is 443 g/mol. The van der Waals surface area contributed by atoms with Crippen molar-refractivity contribution in [3.8, 4) is 0 Å². The van der Waals surface area contributed by atoms with Crippen molar-refractivity contribution in [2.24, 2.45) is 5.92 Å². The first-order chi connectivity index (χ1) is 15.2. The smallest absolute Gasteiger partial charge is 0.330 e. The summed E-state index contributed by atoms with van der Waals surface area (Å²) in [6.45, 7) is 4.43. The molecule has 10 heteroatoms. The van der Waals surface area contributed by atoms with Gasteiger partial charge in [0, 0.05) is 26.1 Å². The normalized spacial score (nSPS) is 16.1. The molecule has 2 heterocycles. The molecule has 1 aliphatic heterocycles. The lowest BCUT2D eigenvalue weighted by Gasteiger charge is -2.27. The molecule has 1 saturated heterocycles. The lowest BCUT2D eigenvalue weighted by molar-refractivity contribution is -0.129. The zero-order chi connectivity index (χ0) is 23.4. The Morgan fingerprint density at radius 2 is 1.94 bits per heavy atom. The van der Waals surface area contributed by atoms with E-state index in [4.69, 9.17) is 10.5 Å². The molecule has 0 aliphatic carbocycles. The van der Waals surface area contributed by atoms with Gasteiger partial charge >= 0.3 is 5.69 Å². The molecule has 0 bridgehead atoms. The van der Waals surface area contributed by atoms with Crippen LogP contribution in [0.2, 0.25) is 0 Å². The van der Waals surface area contributed by atoms with Gasteiger partial charge in [-0.05, 0) is 19.4 Å². The SMILES string of the molecule is COCCn1c(N)c(N(Cc2ccccc2)C(=O)C2CC(=O)N(C(C)C)C2)c(=O)[nH]c1=O. The van der Waals surface area contributed by atoms with E-state index >= 15 is 0 Å². The van der Waals surface area contributed by atoms with Gasteiger partial charge in [0.25, 0.3) is 5.56 Å². The van der Waals surface area contributed by atoms with Crippen LogP contribution >= 0.6 is 0 Å². The number of H-pyrrole nitrogens is 1. The van der Waals surface area contributed by atoms with Crippen LogP contribution in [0.15, 0.2) is 39.9 Å². The van der Waals surface area contributed by atoms with Crippen molar-refractivity contribution in [2.75, 3.05) is 30.9 Å². The second-order valence-corrected chi connectivity index (χ2v) is 8.09. The van der Waals surface area contributed by atoms with Gasteiger partial charge in [-0.1, -0.05) is 30.3 Å². The van der Waals surface area contributed by atoms with Crippen LogP contribution in [0.5, 0.6) is 0 Å². The third-order valence-corrected chi connectivity index (χ3v) is 5.58. The van der Waals surface area contributed by atoms with Crippen LogP contribution in [0.4, 0.5) is 11.5 Å². The number of benzene rings is 1. The van der Waals surface area contributed by atoms with Gasteiger partial charge in [-0.15, -0.1) is 0 Å². The predicted octanol–water partition coefficient (Wildman–Crippen LogP) is 0.555. The second-order valence-electron chi connectivity index (χ2n) is 8.09. The number of hydrogen-bond donors (Lipinski definition) is 2. The maximum Gasteiger partial charge on any atom is 0.330 e. The fourth-order valence-electron chi connectivity index (χ4n) is 3.89. The van der Waals surface area contributed by atoms with E-state index in [9.17, 15) is 19.2 Å². The largest absolute Gasteiger partial charge is 0.383 e. The first-order valence-electron chi connectivity index (χ1n) is 10.5. The fourth-order valence-corrected chi connectivity index (χ4v) is 3.89. The zero-order valence-corrected chi connectivity index (χ0v) is 18.5. The molecule has 0 saturated carbocycles. The number of nitrogens with zero attached hydrogens (tertiary/aromatic N) is 3. The minimum atomic E-state index is -0.754. The Balaban J connectivity index is 2.06. The fraction of sp³-hybridized carbons (Fsp3) is 0.455. The first-order valence-corrected chi connectivity index (χ1v) is 10.5. The number of ether oxygens (including phenoxy) is 1. The molecule has 1 aromatic heterocycles. The molecule has 1 aliphatic rings. The average molecular weight is 444 g/mol. The third-order valence-electron chi connectivity index (χ3n) is 5.58. The number of rotatable bonds is 8. The van der Waals surface area contributed by atoms with Crippen LogP contribution in [0.25, 0.3) is 0 Å². The van der Waals surface area contributed by atoms with Crippen molar-refractivity contribution in [3.63, 3.8) is 0 Å². The van der Waals surface area contributed by atoms with Crippen LogP contribution in [0, 0.1) is 5.92 Å². The van der Waals surface area contributed by atoms with Crippen molar-refractivity contribution in [2.45, 2.75) is 39.4 Å². The number of nitrogens with one attached hydrogen (secondary N) is 1. The summed E-state index contributed by atoms with van der Waals surface area (Å²) in [5.41, 5.74) is 5.47.